The number of thiophene rings is 1. The van der Waals surface area contributed by atoms with Crippen LogP contribution in [0.25, 0.3) is 0 Å². The van der Waals surface area contributed by atoms with Crippen LogP contribution in [0, 0.1) is 13.8 Å². The van der Waals surface area contributed by atoms with Gasteiger partial charge in [0.25, 0.3) is 0 Å². The second-order valence-corrected chi connectivity index (χ2v) is 8.76. The summed E-state index contributed by atoms with van der Waals surface area (Å²) in [6.07, 6.45) is 2.06. The maximum absolute atomic E-state index is 12.3. The first-order valence-corrected chi connectivity index (χ1v) is 11.0. The van der Waals surface area contributed by atoms with Crippen LogP contribution in [-0.4, -0.2) is 77.0 Å². The van der Waals surface area contributed by atoms with Gasteiger partial charge in [0.15, 0.2) is 5.11 Å². The minimum atomic E-state index is -0.522. The number of aromatic nitrogens is 2. The van der Waals surface area contributed by atoms with Crippen LogP contribution >= 0.6 is 23.6 Å². The van der Waals surface area contributed by atoms with Gasteiger partial charge in [0.05, 0.1) is 25.5 Å². The second-order valence-electron chi connectivity index (χ2n) is 7.35. The van der Waals surface area contributed by atoms with Gasteiger partial charge in [-0.3, -0.25) is 9.58 Å². The first kappa shape index (κ1) is 23.2. The van der Waals surface area contributed by atoms with Gasteiger partial charge in [-0.2, -0.15) is 5.10 Å². The zero-order chi connectivity index (χ0) is 22.7. The highest BCUT2D eigenvalue weighted by Gasteiger charge is 2.28. The van der Waals surface area contributed by atoms with Crippen LogP contribution in [0.15, 0.2) is 6.20 Å². The number of thiocarbonyl (C=S) groups is 1. The summed E-state index contributed by atoms with van der Waals surface area (Å²) in [6.45, 7) is 7.80. The molecule has 2 aromatic rings. The number of ether oxygens (including phenoxy) is 2. The van der Waals surface area contributed by atoms with Crippen LogP contribution in [0.3, 0.4) is 0 Å². The average molecular weight is 466 g/mol. The van der Waals surface area contributed by atoms with E-state index in [2.05, 4.69) is 26.4 Å². The SMILES string of the molecule is COC(=O)c1sc(NC(=S)N2CCN(Cc3cn(C)nc3C)CC2)c(C(=O)OC)c1C. The minimum absolute atomic E-state index is 0.306. The summed E-state index contributed by atoms with van der Waals surface area (Å²) in [7, 11) is 4.55. The standard InChI is InChI=1S/C20H27N5O4S2/c1-12-15(18(26)28-4)17(31-16(12)19(27)29-5)21-20(30)25-8-6-24(7-9-25)11-14-10-23(3)22-13(14)2/h10H,6-9,11H2,1-5H3,(H,21,30). The van der Waals surface area contributed by atoms with E-state index in [-0.39, 0.29) is 0 Å². The number of hydrogen-bond acceptors (Lipinski definition) is 8. The third-order valence-corrected chi connectivity index (χ3v) is 6.84. The molecule has 0 bridgehead atoms. The predicted molar refractivity (Wildman–Crippen MR) is 123 cm³/mol. The van der Waals surface area contributed by atoms with Crippen LogP contribution in [-0.2, 0) is 23.1 Å². The summed E-state index contributed by atoms with van der Waals surface area (Å²) in [4.78, 5) is 29.2. The predicted octanol–water partition coefficient (Wildman–Crippen LogP) is 2.19. The Morgan fingerprint density at radius 1 is 1.16 bits per heavy atom. The van der Waals surface area contributed by atoms with Crippen LogP contribution in [0.1, 0.15) is 36.9 Å². The van der Waals surface area contributed by atoms with Gasteiger partial charge < -0.3 is 19.7 Å². The number of anilines is 1. The van der Waals surface area contributed by atoms with Crippen LogP contribution in [0.5, 0.6) is 0 Å². The van der Waals surface area contributed by atoms with Crippen molar-refractivity contribution in [2.75, 3.05) is 45.7 Å². The van der Waals surface area contributed by atoms with Gasteiger partial charge >= 0.3 is 11.9 Å². The van der Waals surface area contributed by atoms with E-state index in [1.54, 1.807) is 6.92 Å². The van der Waals surface area contributed by atoms with E-state index < -0.39 is 11.9 Å². The van der Waals surface area contributed by atoms with Crippen molar-refractivity contribution in [3.8, 4) is 0 Å². The first-order valence-electron chi connectivity index (χ1n) is 9.82. The third-order valence-electron chi connectivity index (χ3n) is 5.30. The van der Waals surface area contributed by atoms with E-state index >= 15 is 0 Å². The molecular weight excluding hydrogens is 438 g/mol. The second kappa shape index (κ2) is 9.75. The van der Waals surface area contributed by atoms with E-state index in [9.17, 15) is 9.59 Å². The lowest BCUT2D eigenvalue weighted by atomic mass is 10.1. The summed E-state index contributed by atoms with van der Waals surface area (Å²) in [6, 6.07) is 0. The molecule has 9 nitrogen and oxygen atoms in total. The van der Waals surface area contributed by atoms with Crippen molar-refractivity contribution in [1.82, 2.24) is 19.6 Å². The highest BCUT2D eigenvalue weighted by molar-refractivity contribution is 7.80. The van der Waals surface area contributed by atoms with Gasteiger partial charge in [-0.05, 0) is 31.6 Å². The van der Waals surface area contributed by atoms with Gasteiger partial charge in [-0.1, -0.05) is 0 Å². The summed E-state index contributed by atoms with van der Waals surface area (Å²) >= 11 is 6.74. The summed E-state index contributed by atoms with van der Waals surface area (Å²) in [5, 5.41) is 8.55. The normalized spacial score (nSPS) is 14.4. The minimum Gasteiger partial charge on any atom is -0.465 e. The number of aryl methyl sites for hydroxylation is 2. The Morgan fingerprint density at radius 2 is 1.81 bits per heavy atom. The molecule has 1 aliphatic heterocycles. The molecule has 11 heteroatoms. The van der Waals surface area contributed by atoms with Gasteiger partial charge in [-0.25, -0.2) is 9.59 Å². The molecule has 0 aliphatic carbocycles. The molecule has 31 heavy (non-hydrogen) atoms. The van der Waals surface area contributed by atoms with E-state index in [0.717, 1.165) is 49.8 Å². The van der Waals surface area contributed by atoms with E-state index in [1.807, 2.05) is 18.7 Å². The van der Waals surface area contributed by atoms with Gasteiger partial charge in [-0.15, -0.1) is 11.3 Å². The fourth-order valence-electron chi connectivity index (χ4n) is 3.57. The van der Waals surface area contributed by atoms with Crippen LogP contribution in [0.2, 0.25) is 0 Å². The average Bonchev–Trinajstić information content (AvgIpc) is 3.24. The first-order chi connectivity index (χ1) is 14.7. The molecule has 3 rings (SSSR count). The maximum Gasteiger partial charge on any atom is 0.348 e. The molecule has 0 spiro atoms. The molecule has 3 heterocycles. The number of piperazine rings is 1. The lowest BCUT2D eigenvalue weighted by Crippen LogP contribution is -2.49. The molecule has 0 aromatic carbocycles. The van der Waals surface area contributed by atoms with Crippen molar-refractivity contribution in [2.24, 2.45) is 7.05 Å². The molecule has 1 fully saturated rings. The lowest BCUT2D eigenvalue weighted by molar-refractivity contribution is 0.0601. The zero-order valence-corrected chi connectivity index (χ0v) is 20.0. The molecule has 0 radical (unpaired) electrons. The van der Waals surface area contributed by atoms with Crippen LogP contribution < -0.4 is 5.32 Å². The number of hydrogen-bond donors (Lipinski definition) is 1. The Balaban J connectivity index is 1.66. The number of rotatable bonds is 5. The Kier molecular flexibility index (Phi) is 7.29. The summed E-state index contributed by atoms with van der Waals surface area (Å²) in [5.74, 6) is -1.02. The van der Waals surface area contributed by atoms with Gasteiger partial charge in [0.1, 0.15) is 9.88 Å². The van der Waals surface area contributed by atoms with Crippen molar-refractivity contribution in [3.05, 3.63) is 33.5 Å². The largest absolute Gasteiger partial charge is 0.465 e. The zero-order valence-electron chi connectivity index (χ0n) is 18.4. The molecule has 1 N–H and O–H groups in total. The molecule has 0 amide bonds. The van der Waals surface area contributed by atoms with E-state index in [0.29, 0.717) is 26.1 Å². The summed E-state index contributed by atoms with van der Waals surface area (Å²) < 4.78 is 11.6. The van der Waals surface area contributed by atoms with E-state index in [1.165, 1.54) is 19.8 Å². The topological polar surface area (TPSA) is 88.9 Å². The molecule has 2 aromatic heterocycles. The highest BCUT2D eigenvalue weighted by Crippen LogP contribution is 2.34. The molecule has 0 atom stereocenters. The number of esters is 2. The maximum atomic E-state index is 12.3. The van der Waals surface area contributed by atoms with Gasteiger partial charge in [0, 0.05) is 51.5 Å². The number of carbonyl (C=O) groups is 2. The van der Waals surface area contributed by atoms with Gasteiger partial charge in [0.2, 0.25) is 0 Å². The Hall–Kier alpha value is -2.50. The van der Waals surface area contributed by atoms with Crippen molar-refractivity contribution >= 4 is 45.6 Å². The van der Waals surface area contributed by atoms with Crippen molar-refractivity contribution < 1.29 is 19.1 Å². The monoisotopic (exact) mass is 465 g/mol. The summed E-state index contributed by atoms with van der Waals surface area (Å²) in [5.41, 5.74) is 3.10. The highest BCUT2D eigenvalue weighted by atomic mass is 32.1. The smallest absolute Gasteiger partial charge is 0.348 e. The number of nitrogens with zero attached hydrogens (tertiary/aromatic N) is 4. The molecule has 1 aliphatic rings. The van der Waals surface area contributed by atoms with Crippen molar-refractivity contribution in [1.29, 1.82) is 0 Å². The van der Waals surface area contributed by atoms with E-state index in [4.69, 9.17) is 21.7 Å². The number of nitrogens with one attached hydrogen (secondary N) is 1. The van der Waals surface area contributed by atoms with Crippen molar-refractivity contribution in [2.45, 2.75) is 20.4 Å². The Labute approximate surface area is 190 Å². The van der Waals surface area contributed by atoms with Crippen molar-refractivity contribution in [3.63, 3.8) is 0 Å². The Bertz CT molecular complexity index is 992. The number of methoxy groups -OCH3 is 2. The molecule has 1 saturated heterocycles. The Morgan fingerprint density at radius 3 is 2.35 bits per heavy atom. The molecule has 0 unspecified atom stereocenters. The third kappa shape index (κ3) is 5.05. The molecule has 168 valence electrons. The fraction of sp³-hybridized carbons (Fsp3) is 0.500. The van der Waals surface area contributed by atoms with Crippen LogP contribution in [0.4, 0.5) is 5.00 Å². The molecular formula is C20H27N5O4S2. The number of carbonyl (C=O) groups excluding carboxylic acids is 2. The lowest BCUT2D eigenvalue weighted by Gasteiger charge is -2.36. The molecule has 0 saturated carbocycles. The quantitative estimate of drug-likeness (QED) is 0.527. The fourth-order valence-corrected chi connectivity index (χ4v) is 5.03.